The molecule has 1 aromatic carbocycles. The van der Waals surface area contributed by atoms with Gasteiger partial charge < -0.3 is 5.32 Å². The minimum atomic E-state index is 1.15. The lowest BCUT2D eigenvalue weighted by atomic mass is 9.98. The van der Waals surface area contributed by atoms with E-state index in [0.717, 1.165) is 6.54 Å². The summed E-state index contributed by atoms with van der Waals surface area (Å²) in [6.07, 6.45) is 13.6. The summed E-state index contributed by atoms with van der Waals surface area (Å²) in [5, 5.41) is 3.53. The van der Waals surface area contributed by atoms with E-state index in [1.807, 2.05) is 0 Å². The molecule has 106 valence electrons. The Morgan fingerprint density at radius 2 is 1.79 bits per heavy atom. The van der Waals surface area contributed by atoms with E-state index < -0.39 is 0 Å². The predicted octanol–water partition coefficient (Wildman–Crippen LogP) is 5.34. The second-order valence-electron chi connectivity index (χ2n) is 5.89. The van der Waals surface area contributed by atoms with E-state index in [0.29, 0.717) is 0 Å². The second-order valence-corrected chi connectivity index (χ2v) is 5.89. The van der Waals surface area contributed by atoms with Crippen LogP contribution in [-0.4, -0.2) is 6.54 Å². The SMILES string of the molecule is CCCCCCCCCc1ccc2c(c1)NCCC2. The molecule has 1 heterocycles. The van der Waals surface area contributed by atoms with Gasteiger partial charge in [-0.25, -0.2) is 0 Å². The smallest absolute Gasteiger partial charge is 0.0375 e. The molecule has 0 saturated heterocycles. The zero-order valence-corrected chi connectivity index (χ0v) is 12.5. The highest BCUT2D eigenvalue weighted by Crippen LogP contribution is 2.24. The first-order valence-electron chi connectivity index (χ1n) is 8.26. The molecule has 1 heteroatoms. The zero-order valence-electron chi connectivity index (χ0n) is 12.5. The fourth-order valence-corrected chi connectivity index (χ4v) is 2.95. The Kier molecular flexibility index (Phi) is 6.26. The van der Waals surface area contributed by atoms with Crippen LogP contribution in [0, 0.1) is 0 Å². The molecule has 0 saturated carbocycles. The van der Waals surface area contributed by atoms with Crippen LogP contribution in [0.2, 0.25) is 0 Å². The molecular formula is C18H29N. The number of unbranched alkanes of at least 4 members (excludes halogenated alkanes) is 6. The van der Waals surface area contributed by atoms with Gasteiger partial charge in [-0.1, -0.05) is 57.6 Å². The van der Waals surface area contributed by atoms with Gasteiger partial charge >= 0.3 is 0 Å². The van der Waals surface area contributed by atoms with Crippen LogP contribution in [0.1, 0.15) is 69.4 Å². The molecule has 1 N–H and O–H groups in total. The van der Waals surface area contributed by atoms with Gasteiger partial charge in [0.25, 0.3) is 0 Å². The molecule has 2 rings (SSSR count). The van der Waals surface area contributed by atoms with Crippen LogP contribution in [0.15, 0.2) is 18.2 Å². The number of anilines is 1. The lowest BCUT2D eigenvalue weighted by molar-refractivity contribution is 0.589. The number of benzene rings is 1. The Hall–Kier alpha value is -0.980. The molecule has 0 aromatic heterocycles. The summed E-state index contributed by atoms with van der Waals surface area (Å²) in [6, 6.07) is 7.05. The molecule has 0 fully saturated rings. The topological polar surface area (TPSA) is 12.0 Å². The Bertz CT molecular complexity index is 370. The number of hydrogen-bond acceptors (Lipinski definition) is 1. The molecule has 0 radical (unpaired) electrons. The van der Waals surface area contributed by atoms with Gasteiger partial charge in [-0.3, -0.25) is 0 Å². The molecule has 1 nitrogen and oxygen atoms in total. The second kappa shape index (κ2) is 8.24. The summed E-state index contributed by atoms with van der Waals surface area (Å²) >= 11 is 0. The fourth-order valence-electron chi connectivity index (χ4n) is 2.95. The molecule has 0 amide bonds. The minimum absolute atomic E-state index is 1.15. The summed E-state index contributed by atoms with van der Waals surface area (Å²) in [4.78, 5) is 0. The van der Waals surface area contributed by atoms with Gasteiger partial charge in [0.15, 0.2) is 0 Å². The summed E-state index contributed by atoms with van der Waals surface area (Å²) in [7, 11) is 0. The third kappa shape index (κ3) is 4.89. The van der Waals surface area contributed by atoms with Gasteiger partial charge in [-0.05, 0) is 42.9 Å². The number of nitrogens with one attached hydrogen (secondary N) is 1. The normalized spacial score (nSPS) is 13.9. The minimum Gasteiger partial charge on any atom is -0.385 e. The van der Waals surface area contributed by atoms with Crippen molar-refractivity contribution in [2.75, 3.05) is 11.9 Å². The fraction of sp³-hybridized carbons (Fsp3) is 0.667. The highest BCUT2D eigenvalue weighted by atomic mass is 14.9. The van der Waals surface area contributed by atoms with Gasteiger partial charge in [0.2, 0.25) is 0 Å². The Labute approximate surface area is 118 Å². The van der Waals surface area contributed by atoms with Crippen molar-refractivity contribution in [3.8, 4) is 0 Å². The van der Waals surface area contributed by atoms with Crippen LogP contribution < -0.4 is 5.32 Å². The highest BCUT2D eigenvalue weighted by molar-refractivity contribution is 5.54. The lowest BCUT2D eigenvalue weighted by Gasteiger charge is -2.18. The summed E-state index contributed by atoms with van der Waals surface area (Å²) in [5.41, 5.74) is 4.42. The molecule has 0 atom stereocenters. The van der Waals surface area contributed by atoms with E-state index in [2.05, 4.69) is 30.4 Å². The number of rotatable bonds is 8. The quantitative estimate of drug-likeness (QED) is 0.621. The monoisotopic (exact) mass is 259 g/mol. The largest absolute Gasteiger partial charge is 0.385 e. The first-order valence-corrected chi connectivity index (χ1v) is 8.26. The first kappa shape index (κ1) is 14.4. The molecule has 0 unspecified atom stereocenters. The molecule has 1 aliphatic rings. The Morgan fingerprint density at radius 3 is 2.63 bits per heavy atom. The van der Waals surface area contributed by atoms with Crippen molar-refractivity contribution in [3.05, 3.63) is 29.3 Å². The van der Waals surface area contributed by atoms with E-state index in [1.54, 1.807) is 0 Å². The molecule has 1 aromatic rings. The van der Waals surface area contributed by atoms with Gasteiger partial charge in [0, 0.05) is 12.2 Å². The standard InChI is InChI=1S/C18H29N/c1-2-3-4-5-6-7-8-10-16-12-13-17-11-9-14-19-18(17)15-16/h12-13,15,19H,2-11,14H2,1H3. The van der Waals surface area contributed by atoms with Crippen molar-refractivity contribution >= 4 is 5.69 Å². The van der Waals surface area contributed by atoms with E-state index in [9.17, 15) is 0 Å². The average Bonchev–Trinajstić information content (AvgIpc) is 2.46. The highest BCUT2D eigenvalue weighted by Gasteiger charge is 2.08. The number of fused-ring (bicyclic) bond motifs is 1. The van der Waals surface area contributed by atoms with Gasteiger partial charge in [0.1, 0.15) is 0 Å². The Morgan fingerprint density at radius 1 is 1.00 bits per heavy atom. The van der Waals surface area contributed by atoms with Gasteiger partial charge in [-0.15, -0.1) is 0 Å². The summed E-state index contributed by atoms with van der Waals surface area (Å²) < 4.78 is 0. The zero-order chi connectivity index (χ0) is 13.3. The third-order valence-corrected chi connectivity index (χ3v) is 4.18. The van der Waals surface area contributed by atoms with Crippen LogP contribution in [0.3, 0.4) is 0 Å². The van der Waals surface area contributed by atoms with Crippen LogP contribution >= 0.6 is 0 Å². The number of hydrogen-bond donors (Lipinski definition) is 1. The maximum atomic E-state index is 3.53. The average molecular weight is 259 g/mol. The molecule has 1 aliphatic heterocycles. The van der Waals surface area contributed by atoms with Crippen molar-refractivity contribution in [1.82, 2.24) is 0 Å². The number of aryl methyl sites for hydroxylation is 2. The van der Waals surface area contributed by atoms with E-state index in [1.165, 1.54) is 81.0 Å². The van der Waals surface area contributed by atoms with Crippen molar-refractivity contribution in [2.24, 2.45) is 0 Å². The van der Waals surface area contributed by atoms with Crippen molar-refractivity contribution in [1.29, 1.82) is 0 Å². The van der Waals surface area contributed by atoms with Gasteiger partial charge in [0.05, 0.1) is 0 Å². The lowest BCUT2D eigenvalue weighted by Crippen LogP contribution is -2.11. The van der Waals surface area contributed by atoms with Crippen molar-refractivity contribution in [2.45, 2.75) is 71.1 Å². The van der Waals surface area contributed by atoms with Crippen LogP contribution in [-0.2, 0) is 12.8 Å². The predicted molar refractivity (Wildman–Crippen MR) is 84.9 cm³/mol. The van der Waals surface area contributed by atoms with Crippen LogP contribution in [0.5, 0.6) is 0 Å². The van der Waals surface area contributed by atoms with Crippen molar-refractivity contribution in [3.63, 3.8) is 0 Å². The summed E-state index contributed by atoms with van der Waals surface area (Å²) in [5.74, 6) is 0. The van der Waals surface area contributed by atoms with Crippen LogP contribution in [0.25, 0.3) is 0 Å². The summed E-state index contributed by atoms with van der Waals surface area (Å²) in [6.45, 7) is 3.43. The van der Waals surface area contributed by atoms with Gasteiger partial charge in [-0.2, -0.15) is 0 Å². The van der Waals surface area contributed by atoms with E-state index in [-0.39, 0.29) is 0 Å². The van der Waals surface area contributed by atoms with E-state index >= 15 is 0 Å². The molecule has 19 heavy (non-hydrogen) atoms. The third-order valence-electron chi connectivity index (χ3n) is 4.18. The first-order chi connectivity index (χ1) is 9.40. The maximum Gasteiger partial charge on any atom is 0.0375 e. The van der Waals surface area contributed by atoms with E-state index in [4.69, 9.17) is 0 Å². The molecular weight excluding hydrogens is 230 g/mol. The molecule has 0 aliphatic carbocycles. The molecule has 0 bridgehead atoms. The van der Waals surface area contributed by atoms with Crippen molar-refractivity contribution < 1.29 is 0 Å². The Balaban J connectivity index is 1.66. The van der Waals surface area contributed by atoms with Crippen LogP contribution in [0.4, 0.5) is 5.69 Å². The molecule has 0 spiro atoms. The maximum absolute atomic E-state index is 3.53.